The minimum atomic E-state index is -1.24. The van der Waals surface area contributed by atoms with Crippen molar-refractivity contribution in [2.45, 2.75) is 32.3 Å². The summed E-state index contributed by atoms with van der Waals surface area (Å²) in [7, 11) is 0. The number of halogens is 1. The van der Waals surface area contributed by atoms with Gasteiger partial charge in [-0.2, -0.15) is 0 Å². The Kier molecular flexibility index (Phi) is 8.93. The highest BCUT2D eigenvalue weighted by atomic mass is 79.9. The molecule has 0 saturated heterocycles. The molecule has 2 unspecified atom stereocenters. The van der Waals surface area contributed by atoms with Crippen LogP contribution in [0.25, 0.3) is 11.1 Å². The third-order valence-electron chi connectivity index (χ3n) is 5.83. The van der Waals surface area contributed by atoms with Crippen LogP contribution in [0.15, 0.2) is 83.4 Å². The maximum atomic E-state index is 12.5. The van der Waals surface area contributed by atoms with Crippen LogP contribution in [0.5, 0.6) is 5.75 Å². The third-order valence-corrected chi connectivity index (χ3v) is 6.45. The summed E-state index contributed by atoms with van der Waals surface area (Å²) in [5.74, 6) is 0.147. The highest BCUT2D eigenvalue weighted by molar-refractivity contribution is 9.10. The van der Waals surface area contributed by atoms with Gasteiger partial charge in [0.2, 0.25) is 0 Å². The Hall–Kier alpha value is -3.32. The number of carboxylic acid groups (broad SMARTS) is 1. The number of hydrogen-bond acceptors (Lipinski definition) is 5. The summed E-state index contributed by atoms with van der Waals surface area (Å²) in [6.07, 6.45) is 6.35. The summed E-state index contributed by atoms with van der Waals surface area (Å²) in [4.78, 5) is 23.9. The Morgan fingerprint density at radius 3 is 2.66 bits per heavy atom. The van der Waals surface area contributed by atoms with Crippen molar-refractivity contribution in [2.24, 2.45) is 5.92 Å². The van der Waals surface area contributed by atoms with Gasteiger partial charge in [-0.1, -0.05) is 69.3 Å². The number of ether oxygens (including phenoxy) is 3. The Balaban J connectivity index is 2.01. The van der Waals surface area contributed by atoms with Crippen molar-refractivity contribution >= 4 is 28.1 Å². The Bertz CT molecular complexity index is 1150. The molecule has 0 saturated carbocycles. The van der Waals surface area contributed by atoms with Crippen LogP contribution < -0.4 is 4.74 Å². The highest BCUT2D eigenvalue weighted by Crippen LogP contribution is 2.42. The molecule has 2 aromatic carbocycles. The molecular weight excluding hydrogens is 512 g/mol. The van der Waals surface area contributed by atoms with Gasteiger partial charge in [-0.15, -0.1) is 0 Å². The topological polar surface area (TPSA) is 82.1 Å². The minimum Gasteiger partial charge on any atom is -0.492 e. The number of aliphatic carboxylic acids is 1. The number of benzene rings is 2. The third kappa shape index (κ3) is 6.42. The van der Waals surface area contributed by atoms with Gasteiger partial charge >= 0.3 is 12.1 Å². The van der Waals surface area contributed by atoms with Gasteiger partial charge in [-0.05, 0) is 57.3 Å². The quantitative estimate of drug-likeness (QED) is 0.257. The maximum Gasteiger partial charge on any atom is 0.509 e. The molecule has 0 spiro atoms. The van der Waals surface area contributed by atoms with E-state index in [9.17, 15) is 14.7 Å². The molecule has 1 aliphatic rings. The number of rotatable bonds is 10. The molecular formula is C28H29BrO6. The zero-order valence-electron chi connectivity index (χ0n) is 19.8. The van der Waals surface area contributed by atoms with Crippen LogP contribution in [0, 0.1) is 5.92 Å². The van der Waals surface area contributed by atoms with E-state index in [1.807, 2.05) is 42.5 Å². The Morgan fingerprint density at radius 2 is 2.03 bits per heavy atom. The van der Waals surface area contributed by atoms with Crippen molar-refractivity contribution in [1.82, 2.24) is 0 Å². The molecule has 35 heavy (non-hydrogen) atoms. The first-order chi connectivity index (χ1) is 16.8. The fourth-order valence-electron chi connectivity index (χ4n) is 3.66. The van der Waals surface area contributed by atoms with Gasteiger partial charge in [0, 0.05) is 12.0 Å². The van der Waals surface area contributed by atoms with Gasteiger partial charge in [-0.25, -0.2) is 9.59 Å². The summed E-state index contributed by atoms with van der Waals surface area (Å²) in [5.41, 5.74) is 1.30. The molecule has 0 aromatic heterocycles. The molecule has 3 rings (SSSR count). The standard InChI is InChI=1S/C28H29BrO6/c1-4-16-33-27(32)35-28(14-12-20(13-15-28)26(30)31)23-9-7-6-8-22(23)21-10-11-25(24(29)17-21)34-18-19(3)5-2/h4,6-14,17,19H,1,5,15-16,18H2,2-3H3,(H,30,31). The van der Waals surface area contributed by atoms with Crippen LogP contribution in [0.2, 0.25) is 0 Å². The van der Waals surface area contributed by atoms with Gasteiger partial charge < -0.3 is 19.3 Å². The van der Waals surface area contributed by atoms with Crippen LogP contribution in [0.1, 0.15) is 32.3 Å². The molecule has 2 aromatic rings. The number of carbonyl (C=O) groups excluding carboxylic acids is 1. The average Bonchev–Trinajstić information content (AvgIpc) is 2.86. The summed E-state index contributed by atoms with van der Waals surface area (Å²) in [5, 5.41) is 9.38. The molecule has 0 fully saturated rings. The molecule has 0 aliphatic heterocycles. The number of carbonyl (C=O) groups is 2. The second-order valence-electron chi connectivity index (χ2n) is 8.36. The fraction of sp³-hybridized carbons (Fsp3) is 0.286. The van der Waals surface area contributed by atoms with Crippen molar-refractivity contribution in [1.29, 1.82) is 0 Å². The molecule has 0 amide bonds. The lowest BCUT2D eigenvalue weighted by Gasteiger charge is -2.33. The fourth-order valence-corrected chi connectivity index (χ4v) is 4.15. The van der Waals surface area contributed by atoms with Crippen LogP contribution in [0.4, 0.5) is 4.79 Å². The van der Waals surface area contributed by atoms with Gasteiger partial charge in [0.15, 0.2) is 5.60 Å². The molecule has 1 N–H and O–H groups in total. The first-order valence-electron chi connectivity index (χ1n) is 11.4. The molecule has 2 atom stereocenters. The van der Waals surface area contributed by atoms with Crippen molar-refractivity contribution in [3.8, 4) is 16.9 Å². The zero-order chi connectivity index (χ0) is 25.4. The first-order valence-corrected chi connectivity index (χ1v) is 12.2. The van der Waals surface area contributed by atoms with E-state index in [4.69, 9.17) is 14.2 Å². The molecule has 0 radical (unpaired) electrons. The van der Waals surface area contributed by atoms with E-state index in [-0.39, 0.29) is 18.6 Å². The lowest BCUT2D eigenvalue weighted by atomic mass is 9.81. The predicted molar refractivity (Wildman–Crippen MR) is 138 cm³/mol. The molecule has 1 aliphatic carbocycles. The van der Waals surface area contributed by atoms with Crippen molar-refractivity contribution in [3.63, 3.8) is 0 Å². The van der Waals surface area contributed by atoms with Gasteiger partial charge in [0.1, 0.15) is 12.4 Å². The lowest BCUT2D eigenvalue weighted by molar-refractivity contribution is -0.132. The van der Waals surface area contributed by atoms with E-state index in [0.717, 1.165) is 27.8 Å². The SMILES string of the molecule is C=CCOC(=O)OC1(c2ccccc2-c2ccc(OCC(C)CC)c(Br)c2)C=CC(C(=O)O)=CC1. The molecule has 0 bridgehead atoms. The molecule has 7 heteroatoms. The number of carboxylic acids is 1. The van der Waals surface area contributed by atoms with Gasteiger partial charge in [-0.3, -0.25) is 0 Å². The van der Waals surface area contributed by atoms with Gasteiger partial charge in [0.25, 0.3) is 0 Å². The first kappa shape index (κ1) is 26.3. The average molecular weight is 541 g/mol. The van der Waals surface area contributed by atoms with E-state index in [2.05, 4.69) is 36.4 Å². The van der Waals surface area contributed by atoms with E-state index in [1.54, 1.807) is 12.2 Å². The Morgan fingerprint density at radius 1 is 1.26 bits per heavy atom. The molecule has 6 nitrogen and oxygen atoms in total. The largest absolute Gasteiger partial charge is 0.509 e. The van der Waals surface area contributed by atoms with E-state index >= 15 is 0 Å². The summed E-state index contributed by atoms with van der Waals surface area (Å²) in [6.45, 7) is 8.44. The number of hydrogen-bond donors (Lipinski definition) is 1. The van der Waals surface area contributed by atoms with Gasteiger partial charge in [0.05, 0.1) is 16.7 Å². The van der Waals surface area contributed by atoms with Crippen molar-refractivity contribution in [3.05, 3.63) is 89.0 Å². The van der Waals surface area contributed by atoms with Crippen LogP contribution in [-0.2, 0) is 19.9 Å². The second kappa shape index (κ2) is 11.9. The minimum absolute atomic E-state index is 0.00153. The van der Waals surface area contributed by atoms with Crippen LogP contribution >= 0.6 is 15.9 Å². The van der Waals surface area contributed by atoms with Crippen LogP contribution in [0.3, 0.4) is 0 Å². The zero-order valence-corrected chi connectivity index (χ0v) is 21.4. The van der Waals surface area contributed by atoms with Crippen LogP contribution in [-0.4, -0.2) is 30.4 Å². The van der Waals surface area contributed by atoms with E-state index < -0.39 is 17.7 Å². The normalized spacial score (nSPS) is 17.7. The molecule has 184 valence electrons. The summed E-state index contributed by atoms with van der Waals surface area (Å²) in [6, 6.07) is 13.4. The summed E-state index contributed by atoms with van der Waals surface area (Å²) >= 11 is 3.61. The van der Waals surface area contributed by atoms with E-state index in [0.29, 0.717) is 18.1 Å². The smallest absolute Gasteiger partial charge is 0.492 e. The predicted octanol–water partition coefficient (Wildman–Crippen LogP) is 7.05. The maximum absolute atomic E-state index is 12.5. The summed E-state index contributed by atoms with van der Waals surface area (Å²) < 4.78 is 17.7. The monoisotopic (exact) mass is 540 g/mol. The highest BCUT2D eigenvalue weighted by Gasteiger charge is 2.38. The second-order valence-corrected chi connectivity index (χ2v) is 9.21. The lowest BCUT2D eigenvalue weighted by Crippen LogP contribution is -2.33. The molecule has 0 heterocycles. The van der Waals surface area contributed by atoms with E-state index in [1.165, 1.54) is 12.2 Å². The van der Waals surface area contributed by atoms with Crippen molar-refractivity contribution < 1.29 is 28.9 Å². The van der Waals surface area contributed by atoms with Crippen molar-refractivity contribution in [2.75, 3.05) is 13.2 Å². The Labute approximate surface area is 214 Å².